The Morgan fingerprint density at radius 3 is 2.36 bits per heavy atom. The molecule has 0 bridgehead atoms. The second-order valence-corrected chi connectivity index (χ2v) is 10.4. The molecule has 4 nitrogen and oxygen atoms in total. The van der Waals surface area contributed by atoms with Crippen molar-refractivity contribution in [3.63, 3.8) is 0 Å². The van der Waals surface area contributed by atoms with E-state index in [2.05, 4.69) is 73.2 Å². The molecule has 3 aromatic carbocycles. The predicted octanol–water partition coefficient (Wildman–Crippen LogP) is 7.90. The minimum Gasteiger partial charge on any atom is -0.497 e. The number of hydrogen-bond acceptors (Lipinski definition) is 4. The van der Waals surface area contributed by atoms with Crippen molar-refractivity contribution in [3.8, 4) is 17.0 Å². The highest BCUT2D eigenvalue weighted by Crippen LogP contribution is 2.32. The lowest BCUT2D eigenvalue weighted by atomic mass is 10.1. The lowest BCUT2D eigenvalue weighted by molar-refractivity contribution is 0.415. The number of fused-ring (bicyclic) bond motifs is 1. The summed E-state index contributed by atoms with van der Waals surface area (Å²) in [6.07, 6.45) is 0.713. The average molecular weight is 581 g/mol. The van der Waals surface area contributed by atoms with Crippen LogP contribution in [0.1, 0.15) is 11.3 Å². The van der Waals surface area contributed by atoms with Gasteiger partial charge >= 0.3 is 0 Å². The van der Waals surface area contributed by atoms with Crippen molar-refractivity contribution in [2.45, 2.75) is 16.5 Å². The number of benzene rings is 3. The molecule has 1 N–H and O–H groups in total. The molecule has 0 saturated carbocycles. The number of nitrogens with zero attached hydrogens (tertiary/aromatic N) is 2. The summed E-state index contributed by atoms with van der Waals surface area (Å²) in [4.78, 5) is 14.4. The van der Waals surface area contributed by atoms with Gasteiger partial charge in [0.1, 0.15) is 11.4 Å². The number of halogens is 2. The molecule has 0 fully saturated rings. The van der Waals surface area contributed by atoms with E-state index in [1.165, 1.54) is 5.56 Å². The fourth-order valence-electron chi connectivity index (χ4n) is 3.63. The van der Waals surface area contributed by atoms with Crippen LogP contribution in [0.5, 0.6) is 5.75 Å². The van der Waals surface area contributed by atoms with Crippen LogP contribution in [-0.2, 0) is 6.42 Å². The monoisotopic (exact) mass is 579 g/mol. The third kappa shape index (κ3) is 5.16. The third-order valence-corrected chi connectivity index (χ3v) is 7.05. The van der Waals surface area contributed by atoms with Crippen molar-refractivity contribution in [3.05, 3.63) is 99.1 Å². The maximum Gasteiger partial charge on any atom is 0.194 e. The highest BCUT2D eigenvalue weighted by molar-refractivity contribution is 9.10. The van der Waals surface area contributed by atoms with E-state index >= 15 is 0 Å². The molecule has 0 saturated heterocycles. The van der Waals surface area contributed by atoms with Crippen LogP contribution >= 0.6 is 43.6 Å². The number of nitrogens with one attached hydrogen (secondary N) is 1. The third-order valence-electron chi connectivity index (χ3n) is 5.21. The van der Waals surface area contributed by atoms with Gasteiger partial charge in [-0.15, -0.1) is 0 Å². The Balaban J connectivity index is 1.59. The number of H-pyrrole nitrogens is 1. The van der Waals surface area contributed by atoms with Crippen molar-refractivity contribution >= 4 is 54.7 Å². The standard InChI is InChI=1S/C26H19Br2N3OS/c1-32-20-10-8-17(9-11-20)23-15-22-24(13-16-4-2-5-18(27)12-16)30-26(31-25(22)29-23)33-21-7-3-6-19(28)14-21/h2-12,14-15H,13H2,1H3,(H,29,30,31). The zero-order chi connectivity index (χ0) is 22.8. The zero-order valence-electron chi connectivity index (χ0n) is 17.7. The number of aromatic nitrogens is 3. The zero-order valence-corrected chi connectivity index (χ0v) is 21.7. The summed E-state index contributed by atoms with van der Waals surface area (Å²) in [5.74, 6) is 0.831. The van der Waals surface area contributed by atoms with E-state index in [-0.39, 0.29) is 0 Å². The molecule has 5 aromatic rings. The summed E-state index contributed by atoms with van der Waals surface area (Å²) >= 11 is 8.68. The summed E-state index contributed by atoms with van der Waals surface area (Å²) in [7, 11) is 1.67. The first-order valence-corrected chi connectivity index (χ1v) is 12.7. The van der Waals surface area contributed by atoms with Gasteiger partial charge in [0.15, 0.2) is 5.16 Å². The maximum atomic E-state index is 5.30. The van der Waals surface area contributed by atoms with Crippen molar-refractivity contribution < 1.29 is 4.74 Å². The van der Waals surface area contributed by atoms with Crippen LogP contribution in [0.3, 0.4) is 0 Å². The predicted molar refractivity (Wildman–Crippen MR) is 141 cm³/mol. The van der Waals surface area contributed by atoms with Gasteiger partial charge in [0, 0.05) is 31.3 Å². The number of rotatable bonds is 6. The minimum absolute atomic E-state index is 0.713. The Morgan fingerprint density at radius 2 is 1.64 bits per heavy atom. The van der Waals surface area contributed by atoms with Gasteiger partial charge in [-0.25, -0.2) is 9.97 Å². The summed E-state index contributed by atoms with van der Waals surface area (Å²) in [6.45, 7) is 0. The molecular formula is C26H19Br2N3OS. The van der Waals surface area contributed by atoms with Crippen LogP contribution in [-0.4, -0.2) is 22.1 Å². The molecule has 5 rings (SSSR count). The second kappa shape index (κ2) is 9.71. The highest BCUT2D eigenvalue weighted by Gasteiger charge is 2.14. The molecule has 2 heterocycles. The number of methoxy groups -OCH3 is 1. The fourth-order valence-corrected chi connectivity index (χ4v) is 5.46. The highest BCUT2D eigenvalue weighted by atomic mass is 79.9. The lowest BCUT2D eigenvalue weighted by Crippen LogP contribution is -1.98. The van der Waals surface area contributed by atoms with Crippen LogP contribution in [0.4, 0.5) is 0 Å². The van der Waals surface area contributed by atoms with Crippen LogP contribution in [0.2, 0.25) is 0 Å². The molecule has 0 radical (unpaired) electrons. The van der Waals surface area contributed by atoms with Gasteiger partial charge in [-0.3, -0.25) is 0 Å². The van der Waals surface area contributed by atoms with E-state index in [0.29, 0.717) is 11.6 Å². The first-order valence-electron chi connectivity index (χ1n) is 10.3. The lowest BCUT2D eigenvalue weighted by Gasteiger charge is -2.07. The molecule has 164 valence electrons. The average Bonchev–Trinajstić information content (AvgIpc) is 3.24. The van der Waals surface area contributed by atoms with Gasteiger partial charge in [0.2, 0.25) is 0 Å². The summed E-state index contributed by atoms with van der Waals surface area (Å²) < 4.78 is 7.39. The quantitative estimate of drug-likeness (QED) is 0.207. The van der Waals surface area contributed by atoms with Gasteiger partial charge in [0.25, 0.3) is 0 Å². The van der Waals surface area contributed by atoms with Crippen LogP contribution in [0, 0.1) is 0 Å². The second-order valence-electron chi connectivity index (χ2n) is 7.49. The summed E-state index contributed by atoms with van der Waals surface area (Å²) in [5, 5.41) is 1.74. The van der Waals surface area contributed by atoms with Crippen LogP contribution in [0.25, 0.3) is 22.3 Å². The smallest absolute Gasteiger partial charge is 0.194 e. The molecular weight excluding hydrogens is 562 g/mol. The molecule has 0 amide bonds. The first kappa shape index (κ1) is 22.2. The molecule has 0 aliphatic heterocycles. The van der Waals surface area contributed by atoms with Crippen molar-refractivity contribution in [2.24, 2.45) is 0 Å². The molecule has 2 aromatic heterocycles. The molecule has 7 heteroatoms. The van der Waals surface area contributed by atoms with Crippen LogP contribution < -0.4 is 4.74 Å². The van der Waals surface area contributed by atoms with E-state index in [4.69, 9.17) is 14.7 Å². The molecule has 0 aliphatic rings. The molecule has 0 aliphatic carbocycles. The van der Waals surface area contributed by atoms with E-state index in [0.717, 1.165) is 47.6 Å². The Bertz CT molecular complexity index is 1430. The van der Waals surface area contributed by atoms with Gasteiger partial charge in [-0.1, -0.05) is 50.1 Å². The Kier molecular flexibility index (Phi) is 6.53. The van der Waals surface area contributed by atoms with Crippen LogP contribution in [0.15, 0.2) is 97.9 Å². The van der Waals surface area contributed by atoms with E-state index in [1.807, 2.05) is 42.5 Å². The fraction of sp³-hybridized carbons (Fsp3) is 0.0769. The SMILES string of the molecule is COc1ccc(-c2cc3c(Cc4cccc(Br)c4)nc(Sc4cccc(Br)c4)nc3[nH]2)cc1. The van der Waals surface area contributed by atoms with E-state index in [9.17, 15) is 0 Å². The maximum absolute atomic E-state index is 5.30. The van der Waals surface area contributed by atoms with Gasteiger partial charge in [-0.05, 0) is 83.6 Å². The van der Waals surface area contributed by atoms with Gasteiger partial charge in [-0.2, -0.15) is 0 Å². The Morgan fingerprint density at radius 1 is 0.879 bits per heavy atom. The summed E-state index contributed by atoms with van der Waals surface area (Å²) in [5.41, 5.74) is 5.09. The number of hydrogen-bond donors (Lipinski definition) is 1. The molecule has 0 atom stereocenters. The van der Waals surface area contributed by atoms with Gasteiger partial charge < -0.3 is 9.72 Å². The van der Waals surface area contributed by atoms with Crippen molar-refractivity contribution in [1.29, 1.82) is 0 Å². The van der Waals surface area contributed by atoms with Crippen molar-refractivity contribution in [1.82, 2.24) is 15.0 Å². The number of aromatic amines is 1. The normalized spacial score (nSPS) is 11.1. The first-order chi connectivity index (χ1) is 16.1. The largest absolute Gasteiger partial charge is 0.497 e. The minimum atomic E-state index is 0.713. The summed E-state index contributed by atoms with van der Waals surface area (Å²) in [6, 6.07) is 26.7. The van der Waals surface area contributed by atoms with E-state index in [1.54, 1.807) is 18.9 Å². The molecule has 33 heavy (non-hydrogen) atoms. The molecule has 0 spiro atoms. The Labute approximate surface area is 213 Å². The number of ether oxygens (including phenoxy) is 1. The Hall–Kier alpha value is -2.61. The van der Waals surface area contributed by atoms with Crippen molar-refractivity contribution in [2.75, 3.05) is 7.11 Å². The van der Waals surface area contributed by atoms with Gasteiger partial charge in [0.05, 0.1) is 12.8 Å². The topological polar surface area (TPSA) is 50.8 Å². The molecule has 0 unspecified atom stereocenters. The van der Waals surface area contributed by atoms with E-state index < -0.39 is 0 Å².